The SMILES string of the molecule is Cc1nc(C)c(-c2cccc(C(=O)N3CCOC(CCN)C3)c2)s1. The lowest BCUT2D eigenvalue weighted by Gasteiger charge is -2.33. The summed E-state index contributed by atoms with van der Waals surface area (Å²) in [7, 11) is 0. The second kappa shape index (κ2) is 7.42. The van der Waals surface area contributed by atoms with E-state index in [0.29, 0.717) is 31.8 Å². The number of benzene rings is 1. The van der Waals surface area contributed by atoms with E-state index in [0.717, 1.165) is 27.6 Å². The number of carbonyl (C=O) groups is 1. The van der Waals surface area contributed by atoms with Crippen LogP contribution in [0.25, 0.3) is 10.4 Å². The summed E-state index contributed by atoms with van der Waals surface area (Å²) in [5.74, 6) is 0.0565. The molecule has 1 atom stereocenters. The number of morpholine rings is 1. The van der Waals surface area contributed by atoms with Crippen LogP contribution in [0.3, 0.4) is 0 Å². The predicted molar refractivity (Wildman–Crippen MR) is 96.3 cm³/mol. The number of rotatable bonds is 4. The minimum absolute atomic E-state index is 0.0438. The lowest BCUT2D eigenvalue weighted by molar-refractivity contribution is -0.0236. The quantitative estimate of drug-likeness (QED) is 0.925. The van der Waals surface area contributed by atoms with Crippen molar-refractivity contribution in [1.82, 2.24) is 9.88 Å². The van der Waals surface area contributed by atoms with Crippen molar-refractivity contribution in [1.29, 1.82) is 0 Å². The number of thiazole rings is 1. The molecule has 0 bridgehead atoms. The number of nitrogens with two attached hydrogens (primary N) is 1. The van der Waals surface area contributed by atoms with Crippen LogP contribution in [-0.4, -0.2) is 48.1 Å². The van der Waals surface area contributed by atoms with Crippen LogP contribution in [0.5, 0.6) is 0 Å². The van der Waals surface area contributed by atoms with Gasteiger partial charge in [0, 0.05) is 18.7 Å². The Morgan fingerprint density at radius 2 is 2.29 bits per heavy atom. The van der Waals surface area contributed by atoms with E-state index in [2.05, 4.69) is 4.98 Å². The Hall–Kier alpha value is -1.76. The zero-order valence-corrected chi connectivity index (χ0v) is 14.9. The van der Waals surface area contributed by atoms with Gasteiger partial charge in [-0.2, -0.15) is 0 Å². The van der Waals surface area contributed by atoms with Crippen molar-refractivity contribution in [2.45, 2.75) is 26.4 Å². The highest BCUT2D eigenvalue weighted by molar-refractivity contribution is 7.15. The second-order valence-electron chi connectivity index (χ2n) is 6.05. The third-order valence-corrected chi connectivity index (χ3v) is 5.31. The third kappa shape index (κ3) is 3.66. The lowest BCUT2D eigenvalue weighted by atomic mass is 10.1. The van der Waals surface area contributed by atoms with Crippen LogP contribution in [0.2, 0.25) is 0 Å². The molecule has 1 aliphatic rings. The first-order chi connectivity index (χ1) is 11.6. The van der Waals surface area contributed by atoms with Crippen molar-refractivity contribution >= 4 is 17.2 Å². The van der Waals surface area contributed by atoms with E-state index >= 15 is 0 Å². The maximum atomic E-state index is 12.9. The van der Waals surface area contributed by atoms with Gasteiger partial charge in [-0.3, -0.25) is 4.79 Å². The molecule has 3 rings (SSSR count). The molecule has 2 aromatic rings. The molecule has 1 aromatic carbocycles. The summed E-state index contributed by atoms with van der Waals surface area (Å²) in [6, 6.07) is 7.82. The second-order valence-corrected chi connectivity index (χ2v) is 7.25. The Labute approximate surface area is 146 Å². The van der Waals surface area contributed by atoms with Gasteiger partial charge in [0.15, 0.2) is 0 Å². The molecule has 1 aliphatic heterocycles. The zero-order chi connectivity index (χ0) is 17.1. The summed E-state index contributed by atoms with van der Waals surface area (Å²) >= 11 is 1.66. The lowest BCUT2D eigenvalue weighted by Crippen LogP contribution is -2.46. The van der Waals surface area contributed by atoms with Gasteiger partial charge in [0.1, 0.15) is 0 Å². The molecule has 1 saturated heterocycles. The molecule has 5 nitrogen and oxygen atoms in total. The molecule has 2 heterocycles. The van der Waals surface area contributed by atoms with Crippen LogP contribution in [-0.2, 0) is 4.74 Å². The molecule has 0 spiro atoms. The number of aryl methyl sites for hydroxylation is 2. The van der Waals surface area contributed by atoms with Gasteiger partial charge in [0.2, 0.25) is 0 Å². The van der Waals surface area contributed by atoms with E-state index in [4.69, 9.17) is 10.5 Å². The Morgan fingerprint density at radius 3 is 3.00 bits per heavy atom. The molecule has 2 N–H and O–H groups in total. The third-order valence-electron chi connectivity index (χ3n) is 4.19. The Morgan fingerprint density at radius 1 is 1.46 bits per heavy atom. The zero-order valence-electron chi connectivity index (χ0n) is 14.1. The summed E-state index contributed by atoms with van der Waals surface area (Å²) in [6.45, 7) is 6.39. The summed E-state index contributed by atoms with van der Waals surface area (Å²) in [4.78, 5) is 20.3. The molecule has 0 aliphatic carbocycles. The smallest absolute Gasteiger partial charge is 0.254 e. The maximum absolute atomic E-state index is 12.9. The molecule has 1 fully saturated rings. The van der Waals surface area contributed by atoms with Crippen LogP contribution >= 0.6 is 11.3 Å². The fourth-order valence-corrected chi connectivity index (χ4v) is 3.96. The van der Waals surface area contributed by atoms with Gasteiger partial charge < -0.3 is 15.4 Å². The average molecular weight is 345 g/mol. The first-order valence-electron chi connectivity index (χ1n) is 8.24. The first-order valence-corrected chi connectivity index (χ1v) is 9.05. The minimum atomic E-state index is 0.0438. The molecule has 128 valence electrons. The highest BCUT2D eigenvalue weighted by Crippen LogP contribution is 2.30. The Bertz CT molecular complexity index is 727. The van der Waals surface area contributed by atoms with Gasteiger partial charge in [-0.25, -0.2) is 4.98 Å². The van der Waals surface area contributed by atoms with Gasteiger partial charge in [0.25, 0.3) is 5.91 Å². The van der Waals surface area contributed by atoms with E-state index in [1.165, 1.54) is 0 Å². The van der Waals surface area contributed by atoms with E-state index < -0.39 is 0 Å². The number of ether oxygens (including phenoxy) is 1. The van der Waals surface area contributed by atoms with Crippen LogP contribution in [0, 0.1) is 13.8 Å². The summed E-state index contributed by atoms with van der Waals surface area (Å²) in [6.07, 6.45) is 0.825. The number of hydrogen-bond acceptors (Lipinski definition) is 5. The Balaban J connectivity index is 1.80. The number of nitrogens with zero attached hydrogens (tertiary/aromatic N) is 2. The van der Waals surface area contributed by atoms with E-state index in [-0.39, 0.29) is 12.0 Å². The number of hydrogen-bond donors (Lipinski definition) is 1. The molecular weight excluding hydrogens is 322 g/mol. The molecule has 0 saturated carbocycles. The van der Waals surface area contributed by atoms with Crippen LogP contribution in [0.15, 0.2) is 24.3 Å². The summed E-state index contributed by atoms with van der Waals surface area (Å²) in [5, 5.41) is 1.04. The van der Waals surface area contributed by atoms with Crippen molar-refractivity contribution in [2.75, 3.05) is 26.2 Å². The highest BCUT2D eigenvalue weighted by atomic mass is 32.1. The van der Waals surface area contributed by atoms with Crippen LogP contribution in [0.4, 0.5) is 0 Å². The van der Waals surface area contributed by atoms with Crippen molar-refractivity contribution < 1.29 is 9.53 Å². The van der Waals surface area contributed by atoms with Crippen molar-refractivity contribution in [3.63, 3.8) is 0 Å². The molecule has 1 aromatic heterocycles. The van der Waals surface area contributed by atoms with Crippen LogP contribution in [0.1, 0.15) is 27.5 Å². The van der Waals surface area contributed by atoms with Gasteiger partial charge in [0.05, 0.1) is 28.3 Å². The fraction of sp³-hybridized carbons (Fsp3) is 0.444. The topological polar surface area (TPSA) is 68.5 Å². The minimum Gasteiger partial charge on any atom is -0.374 e. The number of carbonyl (C=O) groups excluding carboxylic acids is 1. The molecule has 6 heteroatoms. The molecular formula is C18H23N3O2S. The van der Waals surface area contributed by atoms with Crippen molar-refractivity contribution in [2.24, 2.45) is 5.73 Å². The molecule has 24 heavy (non-hydrogen) atoms. The maximum Gasteiger partial charge on any atom is 0.254 e. The van der Waals surface area contributed by atoms with Gasteiger partial charge >= 0.3 is 0 Å². The van der Waals surface area contributed by atoms with Gasteiger partial charge in [-0.05, 0) is 44.5 Å². The number of aromatic nitrogens is 1. The van der Waals surface area contributed by atoms with Crippen molar-refractivity contribution in [3.8, 4) is 10.4 Å². The number of amides is 1. The summed E-state index contributed by atoms with van der Waals surface area (Å²) in [5.41, 5.74) is 8.38. The highest BCUT2D eigenvalue weighted by Gasteiger charge is 2.24. The fourth-order valence-electron chi connectivity index (χ4n) is 3.04. The molecule has 1 unspecified atom stereocenters. The average Bonchev–Trinajstić information content (AvgIpc) is 2.93. The van der Waals surface area contributed by atoms with Gasteiger partial charge in [-0.1, -0.05) is 12.1 Å². The van der Waals surface area contributed by atoms with E-state index in [1.807, 2.05) is 43.0 Å². The van der Waals surface area contributed by atoms with Gasteiger partial charge in [-0.15, -0.1) is 11.3 Å². The monoisotopic (exact) mass is 345 g/mol. The normalized spacial score (nSPS) is 18.0. The molecule has 0 radical (unpaired) electrons. The van der Waals surface area contributed by atoms with E-state index in [9.17, 15) is 4.79 Å². The van der Waals surface area contributed by atoms with Crippen LogP contribution < -0.4 is 5.73 Å². The van der Waals surface area contributed by atoms with E-state index in [1.54, 1.807) is 11.3 Å². The predicted octanol–water partition coefficient (Wildman–Crippen LogP) is 2.62. The molecule has 1 amide bonds. The largest absolute Gasteiger partial charge is 0.374 e. The van der Waals surface area contributed by atoms with Crippen molar-refractivity contribution in [3.05, 3.63) is 40.5 Å². The summed E-state index contributed by atoms with van der Waals surface area (Å²) < 4.78 is 5.67. The standard InChI is InChI=1S/C18H23N3O2S/c1-12-17(24-13(2)20-12)14-4-3-5-15(10-14)18(22)21-8-9-23-16(11-21)6-7-19/h3-5,10,16H,6-9,11,19H2,1-2H3. The Kier molecular flexibility index (Phi) is 5.28. The first kappa shape index (κ1) is 17.1.